The van der Waals surface area contributed by atoms with Crippen molar-refractivity contribution in [3.8, 4) is 0 Å². The number of aryl methyl sites for hydroxylation is 2. The number of anilines is 3. The van der Waals surface area contributed by atoms with E-state index in [1.165, 1.54) is 6.07 Å². The maximum atomic E-state index is 12.4. The minimum Gasteiger partial charge on any atom is -0.360 e. The maximum Gasteiger partial charge on any atom is 0.274 e. The number of nitrogens with zero attached hydrogens (tertiary/aromatic N) is 3. The van der Waals surface area contributed by atoms with Gasteiger partial charge in [-0.05, 0) is 32.0 Å². The topological polar surface area (TPSA) is 92.9 Å². The predicted octanol–water partition coefficient (Wildman–Crippen LogP) is 4.38. The molecule has 1 amide bonds. The highest BCUT2D eigenvalue weighted by molar-refractivity contribution is 6.35. The second kappa shape index (κ2) is 7.08. The van der Waals surface area contributed by atoms with Crippen LogP contribution >= 0.6 is 23.2 Å². The lowest BCUT2D eigenvalue weighted by atomic mass is 10.3. The van der Waals surface area contributed by atoms with Gasteiger partial charge in [0, 0.05) is 27.9 Å². The second-order valence-corrected chi connectivity index (χ2v) is 6.12. The molecule has 2 heterocycles. The largest absolute Gasteiger partial charge is 0.360 e. The third-order valence-corrected chi connectivity index (χ3v) is 3.51. The molecular weight excluding hydrogens is 365 g/mol. The molecule has 0 unspecified atom stereocenters. The molecule has 0 saturated heterocycles. The summed E-state index contributed by atoms with van der Waals surface area (Å²) in [7, 11) is 0. The third-order valence-electron chi connectivity index (χ3n) is 3.08. The van der Waals surface area contributed by atoms with Gasteiger partial charge in [0.1, 0.15) is 23.1 Å². The van der Waals surface area contributed by atoms with Crippen molar-refractivity contribution in [1.82, 2.24) is 15.1 Å². The van der Waals surface area contributed by atoms with E-state index in [-0.39, 0.29) is 5.69 Å². The number of hydrogen-bond acceptors (Lipinski definition) is 6. The minimum atomic E-state index is -0.414. The first kappa shape index (κ1) is 17.2. The van der Waals surface area contributed by atoms with Crippen molar-refractivity contribution < 1.29 is 9.32 Å². The van der Waals surface area contributed by atoms with E-state index >= 15 is 0 Å². The average Bonchev–Trinajstić information content (AvgIpc) is 2.90. The first-order valence-corrected chi connectivity index (χ1v) is 7.98. The zero-order valence-corrected chi connectivity index (χ0v) is 14.8. The van der Waals surface area contributed by atoms with Crippen LogP contribution in [-0.2, 0) is 0 Å². The Balaban J connectivity index is 1.82. The van der Waals surface area contributed by atoms with Gasteiger partial charge in [0.05, 0.1) is 0 Å². The number of nitrogens with one attached hydrogen (secondary N) is 2. The molecule has 3 aromatic rings. The molecule has 0 aliphatic rings. The molecule has 0 aliphatic carbocycles. The number of benzene rings is 1. The zero-order chi connectivity index (χ0) is 18.0. The molecule has 9 heteroatoms. The Morgan fingerprint density at radius 3 is 2.36 bits per heavy atom. The van der Waals surface area contributed by atoms with Gasteiger partial charge in [-0.3, -0.25) is 4.79 Å². The fourth-order valence-corrected chi connectivity index (χ4v) is 2.65. The summed E-state index contributed by atoms with van der Waals surface area (Å²) in [6, 6.07) is 7.99. The SMILES string of the molecule is Cc1nc(Nc2cc(C)on2)cc(C(=O)Nc2cc(Cl)cc(Cl)c2)n1. The Hall–Kier alpha value is -2.64. The van der Waals surface area contributed by atoms with Gasteiger partial charge in [0.2, 0.25) is 0 Å². The van der Waals surface area contributed by atoms with E-state index in [0.29, 0.717) is 39.0 Å². The fourth-order valence-electron chi connectivity index (χ4n) is 2.13. The summed E-state index contributed by atoms with van der Waals surface area (Å²) in [5, 5.41) is 10.3. The number of rotatable bonds is 4. The summed E-state index contributed by atoms with van der Waals surface area (Å²) in [6.45, 7) is 3.46. The van der Waals surface area contributed by atoms with Gasteiger partial charge in [-0.2, -0.15) is 0 Å². The van der Waals surface area contributed by atoms with Crippen LogP contribution in [0.25, 0.3) is 0 Å². The van der Waals surface area contributed by atoms with E-state index in [1.54, 1.807) is 38.1 Å². The van der Waals surface area contributed by atoms with Crippen LogP contribution < -0.4 is 10.6 Å². The summed E-state index contributed by atoms with van der Waals surface area (Å²) >= 11 is 11.9. The molecule has 25 heavy (non-hydrogen) atoms. The number of amides is 1. The monoisotopic (exact) mass is 377 g/mol. The number of hydrogen-bond donors (Lipinski definition) is 2. The molecule has 0 atom stereocenters. The first-order chi connectivity index (χ1) is 11.9. The van der Waals surface area contributed by atoms with E-state index in [9.17, 15) is 4.79 Å². The number of aromatic nitrogens is 3. The average molecular weight is 378 g/mol. The Kier molecular flexibility index (Phi) is 4.87. The highest BCUT2D eigenvalue weighted by Gasteiger charge is 2.13. The molecule has 0 fully saturated rings. The molecule has 0 aliphatic heterocycles. The van der Waals surface area contributed by atoms with Crippen LogP contribution in [0.15, 0.2) is 34.9 Å². The molecule has 0 bridgehead atoms. The van der Waals surface area contributed by atoms with Crippen molar-refractivity contribution in [1.29, 1.82) is 0 Å². The van der Waals surface area contributed by atoms with Crippen LogP contribution in [0.4, 0.5) is 17.3 Å². The van der Waals surface area contributed by atoms with Crippen LogP contribution in [-0.4, -0.2) is 21.0 Å². The molecule has 1 aromatic carbocycles. The van der Waals surface area contributed by atoms with Crippen LogP contribution in [0.1, 0.15) is 22.1 Å². The van der Waals surface area contributed by atoms with Gasteiger partial charge in [-0.25, -0.2) is 9.97 Å². The van der Waals surface area contributed by atoms with Crippen molar-refractivity contribution >= 4 is 46.4 Å². The van der Waals surface area contributed by atoms with Crippen molar-refractivity contribution in [2.45, 2.75) is 13.8 Å². The van der Waals surface area contributed by atoms with Crippen LogP contribution in [0, 0.1) is 13.8 Å². The summed E-state index contributed by atoms with van der Waals surface area (Å²) in [6.07, 6.45) is 0. The summed E-state index contributed by atoms with van der Waals surface area (Å²) in [5.41, 5.74) is 0.659. The molecular formula is C16H13Cl2N5O2. The Morgan fingerprint density at radius 1 is 1.00 bits per heavy atom. The van der Waals surface area contributed by atoms with Crippen molar-refractivity contribution in [3.63, 3.8) is 0 Å². The molecule has 128 valence electrons. The van der Waals surface area contributed by atoms with E-state index in [0.717, 1.165) is 0 Å². The smallest absolute Gasteiger partial charge is 0.274 e. The fraction of sp³-hybridized carbons (Fsp3) is 0.125. The van der Waals surface area contributed by atoms with Gasteiger partial charge in [0.25, 0.3) is 5.91 Å². The zero-order valence-electron chi connectivity index (χ0n) is 13.3. The van der Waals surface area contributed by atoms with Gasteiger partial charge in [0.15, 0.2) is 5.82 Å². The van der Waals surface area contributed by atoms with Gasteiger partial charge >= 0.3 is 0 Å². The second-order valence-electron chi connectivity index (χ2n) is 5.25. The summed E-state index contributed by atoms with van der Waals surface area (Å²) < 4.78 is 4.99. The Morgan fingerprint density at radius 2 is 1.72 bits per heavy atom. The summed E-state index contributed by atoms with van der Waals surface area (Å²) in [5.74, 6) is 1.59. The quantitative estimate of drug-likeness (QED) is 0.700. The lowest BCUT2D eigenvalue weighted by Crippen LogP contribution is -2.15. The summed E-state index contributed by atoms with van der Waals surface area (Å²) in [4.78, 5) is 20.8. The van der Waals surface area contributed by atoms with Crippen molar-refractivity contribution in [2.24, 2.45) is 0 Å². The molecule has 7 nitrogen and oxygen atoms in total. The van der Waals surface area contributed by atoms with Gasteiger partial charge in [-0.15, -0.1) is 0 Å². The predicted molar refractivity (Wildman–Crippen MR) is 95.7 cm³/mol. The standard InChI is InChI=1S/C16H13Cl2N5O2/c1-8-3-15(23-25-8)22-14-7-13(19-9(2)20-14)16(24)21-12-5-10(17)4-11(18)6-12/h3-7H,1-2H3,(H,21,24)(H,19,20,22,23). The molecule has 0 radical (unpaired) electrons. The van der Waals surface area contributed by atoms with Crippen LogP contribution in [0.2, 0.25) is 10.0 Å². The highest BCUT2D eigenvalue weighted by Crippen LogP contribution is 2.23. The van der Waals surface area contributed by atoms with E-state index < -0.39 is 5.91 Å². The molecule has 0 saturated carbocycles. The van der Waals surface area contributed by atoms with Crippen LogP contribution in [0.3, 0.4) is 0 Å². The third kappa shape index (κ3) is 4.46. The molecule has 2 N–H and O–H groups in total. The molecule has 3 rings (SSSR count). The lowest BCUT2D eigenvalue weighted by Gasteiger charge is -2.08. The maximum absolute atomic E-state index is 12.4. The van der Waals surface area contributed by atoms with Crippen molar-refractivity contribution in [2.75, 3.05) is 10.6 Å². The minimum absolute atomic E-state index is 0.186. The Labute approximate surface area is 153 Å². The molecule has 0 spiro atoms. The highest BCUT2D eigenvalue weighted by atomic mass is 35.5. The van der Waals surface area contributed by atoms with Gasteiger partial charge < -0.3 is 15.2 Å². The number of carbonyl (C=O) groups excluding carboxylic acids is 1. The van der Waals surface area contributed by atoms with Gasteiger partial charge in [-0.1, -0.05) is 28.4 Å². The van der Waals surface area contributed by atoms with E-state index in [4.69, 9.17) is 27.7 Å². The normalized spacial score (nSPS) is 10.6. The van der Waals surface area contributed by atoms with Crippen molar-refractivity contribution in [3.05, 3.63) is 57.7 Å². The van der Waals surface area contributed by atoms with Crippen LogP contribution in [0.5, 0.6) is 0 Å². The lowest BCUT2D eigenvalue weighted by molar-refractivity contribution is 0.102. The number of carbonyl (C=O) groups is 1. The first-order valence-electron chi connectivity index (χ1n) is 7.22. The number of halogens is 2. The molecule has 2 aromatic heterocycles. The van der Waals surface area contributed by atoms with E-state index in [2.05, 4.69) is 25.8 Å². The Bertz CT molecular complexity index is 922. The van der Waals surface area contributed by atoms with E-state index in [1.807, 2.05) is 0 Å².